The Bertz CT molecular complexity index is 325. The number of ketones is 1. The lowest BCUT2D eigenvalue weighted by Gasteiger charge is -2.22. The fourth-order valence-corrected chi connectivity index (χ4v) is 1.27. The lowest BCUT2D eigenvalue weighted by atomic mass is 9.84. The molecule has 0 fully saturated rings. The van der Waals surface area contributed by atoms with Gasteiger partial charge in [0, 0.05) is 17.5 Å². The molecule has 0 heterocycles. The molecule has 2 nitrogen and oxygen atoms in total. The molecule has 0 aliphatic heterocycles. The quantitative estimate of drug-likeness (QED) is 0.744. The zero-order valence-corrected chi connectivity index (χ0v) is 9.00. The molecule has 0 saturated heterocycles. The predicted octanol–water partition coefficient (Wildman–Crippen LogP) is 2.13. The minimum absolute atomic E-state index is 0.0185. The summed E-state index contributed by atoms with van der Waals surface area (Å²) in [6.45, 7) is 6.36. The molecule has 1 aromatic carbocycles. The van der Waals surface area contributed by atoms with Crippen molar-refractivity contribution in [3.63, 3.8) is 0 Å². The Labute approximate surface area is 85.1 Å². The van der Waals surface area contributed by atoms with Crippen LogP contribution in [0.15, 0.2) is 24.3 Å². The summed E-state index contributed by atoms with van der Waals surface area (Å²) in [5.41, 5.74) is 7.57. The molecule has 0 aliphatic rings. The van der Waals surface area contributed by atoms with Crippen LogP contribution >= 0.6 is 0 Å². The highest BCUT2D eigenvalue weighted by Gasteiger charge is 2.17. The average Bonchev–Trinajstić information content (AvgIpc) is 2.18. The van der Waals surface area contributed by atoms with E-state index in [4.69, 9.17) is 5.73 Å². The van der Waals surface area contributed by atoms with Crippen molar-refractivity contribution in [2.24, 2.45) is 5.73 Å². The van der Waals surface area contributed by atoms with Crippen LogP contribution in [0.25, 0.3) is 0 Å². The van der Waals surface area contributed by atoms with Crippen LogP contribution in [-0.2, 0) is 5.41 Å². The first-order valence-electron chi connectivity index (χ1n) is 4.79. The SMILES string of the molecule is CC(=O)c1ccc(C(C)(C)CN)cc1. The molecule has 14 heavy (non-hydrogen) atoms. The second kappa shape index (κ2) is 3.93. The molecule has 76 valence electrons. The van der Waals surface area contributed by atoms with Gasteiger partial charge in [0.05, 0.1) is 0 Å². The number of benzene rings is 1. The van der Waals surface area contributed by atoms with E-state index in [2.05, 4.69) is 13.8 Å². The standard InChI is InChI=1S/C12H17NO/c1-9(14)10-4-6-11(7-5-10)12(2,3)8-13/h4-7H,8,13H2,1-3H3. The summed E-state index contributed by atoms with van der Waals surface area (Å²) in [6.07, 6.45) is 0. The number of hydrogen-bond acceptors (Lipinski definition) is 2. The number of nitrogens with two attached hydrogens (primary N) is 1. The molecule has 0 bridgehead atoms. The summed E-state index contributed by atoms with van der Waals surface area (Å²) in [4.78, 5) is 11.1. The molecule has 0 amide bonds. The van der Waals surface area contributed by atoms with E-state index in [1.165, 1.54) is 5.56 Å². The first-order valence-corrected chi connectivity index (χ1v) is 4.79. The molecule has 2 heteroatoms. The smallest absolute Gasteiger partial charge is 0.159 e. The Morgan fingerprint density at radius 1 is 1.29 bits per heavy atom. The molecule has 1 aromatic rings. The number of rotatable bonds is 3. The van der Waals surface area contributed by atoms with Gasteiger partial charge in [0.15, 0.2) is 5.78 Å². The van der Waals surface area contributed by atoms with Gasteiger partial charge in [0.2, 0.25) is 0 Å². The van der Waals surface area contributed by atoms with Crippen LogP contribution in [0.5, 0.6) is 0 Å². The number of carbonyl (C=O) groups excluding carboxylic acids is 1. The molecule has 1 rings (SSSR count). The molecule has 0 saturated carbocycles. The third kappa shape index (κ3) is 2.20. The Hall–Kier alpha value is -1.15. The highest BCUT2D eigenvalue weighted by molar-refractivity contribution is 5.94. The Balaban J connectivity index is 2.99. The number of hydrogen-bond donors (Lipinski definition) is 1. The first kappa shape index (κ1) is 10.9. The molecule has 0 aromatic heterocycles. The van der Waals surface area contributed by atoms with E-state index in [0.29, 0.717) is 6.54 Å². The van der Waals surface area contributed by atoms with Crippen LogP contribution in [0.4, 0.5) is 0 Å². The molecule has 0 radical (unpaired) electrons. The normalized spacial score (nSPS) is 11.4. The van der Waals surface area contributed by atoms with Gasteiger partial charge in [0.25, 0.3) is 0 Å². The van der Waals surface area contributed by atoms with Gasteiger partial charge < -0.3 is 5.73 Å². The maximum Gasteiger partial charge on any atom is 0.159 e. The summed E-state index contributed by atoms with van der Waals surface area (Å²) < 4.78 is 0. The van der Waals surface area contributed by atoms with Crippen LogP contribution in [0, 0.1) is 0 Å². The number of Topliss-reactive ketones (excluding diaryl/α,β-unsaturated/α-hetero) is 1. The number of carbonyl (C=O) groups is 1. The highest BCUT2D eigenvalue weighted by Crippen LogP contribution is 2.21. The van der Waals surface area contributed by atoms with Gasteiger partial charge in [-0.1, -0.05) is 38.1 Å². The van der Waals surface area contributed by atoms with Gasteiger partial charge >= 0.3 is 0 Å². The molecule has 0 aliphatic carbocycles. The zero-order chi connectivity index (χ0) is 10.8. The van der Waals surface area contributed by atoms with Crippen molar-refractivity contribution in [1.82, 2.24) is 0 Å². The van der Waals surface area contributed by atoms with E-state index in [-0.39, 0.29) is 11.2 Å². The maximum atomic E-state index is 11.1. The van der Waals surface area contributed by atoms with Crippen LogP contribution in [-0.4, -0.2) is 12.3 Å². The minimum Gasteiger partial charge on any atom is -0.330 e. The summed E-state index contributed by atoms with van der Waals surface area (Å²) in [5.74, 6) is 0.0992. The van der Waals surface area contributed by atoms with Gasteiger partial charge in [0.1, 0.15) is 0 Å². The summed E-state index contributed by atoms with van der Waals surface area (Å²) >= 11 is 0. The van der Waals surface area contributed by atoms with Gasteiger partial charge in [-0.2, -0.15) is 0 Å². The Kier molecular flexibility index (Phi) is 3.06. The third-order valence-corrected chi connectivity index (χ3v) is 2.58. The van der Waals surface area contributed by atoms with Gasteiger partial charge in [-0.25, -0.2) is 0 Å². The van der Waals surface area contributed by atoms with Crippen LogP contribution < -0.4 is 5.73 Å². The van der Waals surface area contributed by atoms with Crippen LogP contribution in [0.2, 0.25) is 0 Å². The topological polar surface area (TPSA) is 43.1 Å². The molecule has 0 unspecified atom stereocenters. The third-order valence-electron chi connectivity index (χ3n) is 2.58. The van der Waals surface area contributed by atoms with E-state index < -0.39 is 0 Å². The van der Waals surface area contributed by atoms with Crippen LogP contribution in [0.3, 0.4) is 0 Å². The van der Waals surface area contributed by atoms with Crippen molar-refractivity contribution >= 4 is 5.78 Å². The molecular formula is C12H17NO. The summed E-state index contributed by atoms with van der Waals surface area (Å²) in [6, 6.07) is 7.66. The molecular weight excluding hydrogens is 174 g/mol. The molecule has 0 atom stereocenters. The summed E-state index contributed by atoms with van der Waals surface area (Å²) in [5, 5.41) is 0. The van der Waals surface area contributed by atoms with Gasteiger partial charge in [-0.3, -0.25) is 4.79 Å². The summed E-state index contributed by atoms with van der Waals surface area (Å²) in [7, 11) is 0. The maximum absolute atomic E-state index is 11.1. The highest BCUT2D eigenvalue weighted by atomic mass is 16.1. The Morgan fingerprint density at radius 2 is 1.79 bits per heavy atom. The van der Waals surface area contributed by atoms with Crippen molar-refractivity contribution in [3.8, 4) is 0 Å². The van der Waals surface area contributed by atoms with E-state index in [1.807, 2.05) is 24.3 Å². The van der Waals surface area contributed by atoms with Crippen LogP contribution in [0.1, 0.15) is 36.7 Å². The fraction of sp³-hybridized carbons (Fsp3) is 0.417. The second-order valence-electron chi connectivity index (χ2n) is 4.22. The van der Waals surface area contributed by atoms with Gasteiger partial charge in [-0.15, -0.1) is 0 Å². The average molecular weight is 191 g/mol. The van der Waals surface area contributed by atoms with Crippen molar-refractivity contribution in [2.45, 2.75) is 26.2 Å². The minimum atomic E-state index is -0.0185. The predicted molar refractivity (Wildman–Crippen MR) is 58.5 cm³/mol. The van der Waals surface area contributed by atoms with E-state index in [9.17, 15) is 4.79 Å². The van der Waals surface area contributed by atoms with Crippen molar-refractivity contribution in [1.29, 1.82) is 0 Å². The molecule has 2 N–H and O–H groups in total. The van der Waals surface area contributed by atoms with Crippen molar-refractivity contribution in [2.75, 3.05) is 6.54 Å². The van der Waals surface area contributed by atoms with E-state index in [0.717, 1.165) is 5.56 Å². The monoisotopic (exact) mass is 191 g/mol. The van der Waals surface area contributed by atoms with Gasteiger partial charge in [-0.05, 0) is 12.5 Å². The fourth-order valence-electron chi connectivity index (χ4n) is 1.27. The second-order valence-corrected chi connectivity index (χ2v) is 4.22. The van der Waals surface area contributed by atoms with E-state index in [1.54, 1.807) is 6.92 Å². The molecule has 0 spiro atoms. The van der Waals surface area contributed by atoms with Crippen molar-refractivity contribution < 1.29 is 4.79 Å². The lowest BCUT2D eigenvalue weighted by molar-refractivity contribution is 0.101. The lowest BCUT2D eigenvalue weighted by Crippen LogP contribution is -2.27. The van der Waals surface area contributed by atoms with Crippen molar-refractivity contribution in [3.05, 3.63) is 35.4 Å². The first-order chi connectivity index (χ1) is 6.47. The van der Waals surface area contributed by atoms with E-state index >= 15 is 0 Å². The Morgan fingerprint density at radius 3 is 2.14 bits per heavy atom. The zero-order valence-electron chi connectivity index (χ0n) is 9.00. The largest absolute Gasteiger partial charge is 0.330 e.